The third kappa shape index (κ3) is 2.69. The molecule has 1 aromatic carbocycles. The lowest BCUT2D eigenvalue weighted by molar-refractivity contribution is -0.129. The van der Waals surface area contributed by atoms with E-state index in [0.29, 0.717) is 19.0 Å². The first-order valence-electron chi connectivity index (χ1n) is 7.30. The van der Waals surface area contributed by atoms with Crippen molar-refractivity contribution >= 4 is 11.8 Å². The Morgan fingerprint density at radius 1 is 1.30 bits per heavy atom. The Kier molecular flexibility index (Phi) is 3.47. The zero-order valence-corrected chi connectivity index (χ0v) is 11.7. The summed E-state index contributed by atoms with van der Waals surface area (Å²) >= 11 is 0. The number of benzene rings is 1. The van der Waals surface area contributed by atoms with E-state index in [4.69, 9.17) is 0 Å². The van der Waals surface area contributed by atoms with Crippen LogP contribution in [0.5, 0.6) is 0 Å². The second-order valence-corrected chi connectivity index (χ2v) is 5.82. The number of hydrogen-bond acceptors (Lipinski definition) is 2. The van der Waals surface area contributed by atoms with Gasteiger partial charge in [0.15, 0.2) is 0 Å². The van der Waals surface area contributed by atoms with Crippen LogP contribution < -0.4 is 5.32 Å². The molecule has 4 nitrogen and oxygen atoms in total. The van der Waals surface area contributed by atoms with Gasteiger partial charge in [-0.05, 0) is 25.3 Å². The van der Waals surface area contributed by atoms with Gasteiger partial charge in [0.1, 0.15) is 0 Å². The molecule has 1 saturated heterocycles. The molecule has 1 aliphatic carbocycles. The molecular weight excluding hydrogens is 252 g/mol. The topological polar surface area (TPSA) is 49.4 Å². The molecule has 106 valence electrons. The van der Waals surface area contributed by atoms with E-state index in [9.17, 15) is 9.59 Å². The van der Waals surface area contributed by atoms with Gasteiger partial charge in [-0.3, -0.25) is 9.59 Å². The number of nitrogens with one attached hydrogen (secondary N) is 1. The second kappa shape index (κ2) is 5.27. The van der Waals surface area contributed by atoms with Crippen molar-refractivity contribution in [2.45, 2.75) is 38.3 Å². The molecule has 0 radical (unpaired) electrons. The Morgan fingerprint density at radius 2 is 2.00 bits per heavy atom. The SMILES string of the molecule is CC(NC(=O)C1CC(=O)N(C2CC2)C1)c1ccccc1. The van der Waals surface area contributed by atoms with Crippen molar-refractivity contribution in [1.29, 1.82) is 0 Å². The summed E-state index contributed by atoms with van der Waals surface area (Å²) in [6.07, 6.45) is 2.56. The molecule has 1 aliphatic heterocycles. The first kappa shape index (κ1) is 13.2. The van der Waals surface area contributed by atoms with Crippen LogP contribution in [0.25, 0.3) is 0 Å². The predicted molar refractivity (Wildman–Crippen MR) is 75.8 cm³/mol. The zero-order valence-electron chi connectivity index (χ0n) is 11.7. The second-order valence-electron chi connectivity index (χ2n) is 5.82. The Hall–Kier alpha value is -1.84. The monoisotopic (exact) mass is 272 g/mol. The van der Waals surface area contributed by atoms with Crippen molar-refractivity contribution in [1.82, 2.24) is 10.2 Å². The molecule has 2 amide bonds. The van der Waals surface area contributed by atoms with E-state index in [0.717, 1.165) is 18.4 Å². The van der Waals surface area contributed by atoms with E-state index in [1.807, 2.05) is 42.2 Å². The minimum absolute atomic E-state index is 0.00199. The van der Waals surface area contributed by atoms with Gasteiger partial charge in [0.25, 0.3) is 0 Å². The maximum Gasteiger partial charge on any atom is 0.225 e. The van der Waals surface area contributed by atoms with Gasteiger partial charge >= 0.3 is 0 Å². The van der Waals surface area contributed by atoms with Crippen LogP contribution in [0.4, 0.5) is 0 Å². The lowest BCUT2D eigenvalue weighted by atomic mass is 10.1. The van der Waals surface area contributed by atoms with Gasteiger partial charge in [0, 0.05) is 19.0 Å². The van der Waals surface area contributed by atoms with Crippen molar-refractivity contribution in [3.05, 3.63) is 35.9 Å². The van der Waals surface area contributed by atoms with Crippen LogP contribution in [-0.2, 0) is 9.59 Å². The summed E-state index contributed by atoms with van der Waals surface area (Å²) in [6, 6.07) is 10.3. The summed E-state index contributed by atoms with van der Waals surface area (Å²) in [5.41, 5.74) is 1.09. The molecule has 2 fully saturated rings. The molecule has 1 saturated carbocycles. The predicted octanol–water partition coefficient (Wildman–Crippen LogP) is 1.87. The summed E-state index contributed by atoms with van der Waals surface area (Å²) in [6.45, 7) is 2.57. The summed E-state index contributed by atoms with van der Waals surface area (Å²) in [4.78, 5) is 26.0. The van der Waals surface area contributed by atoms with E-state index in [1.54, 1.807) is 0 Å². The van der Waals surface area contributed by atoms with Crippen LogP contribution in [0, 0.1) is 5.92 Å². The average molecular weight is 272 g/mol. The Balaban J connectivity index is 1.58. The van der Waals surface area contributed by atoms with Crippen LogP contribution in [0.15, 0.2) is 30.3 Å². The number of nitrogens with zero attached hydrogens (tertiary/aromatic N) is 1. The van der Waals surface area contributed by atoms with Crippen LogP contribution >= 0.6 is 0 Å². The molecule has 2 unspecified atom stereocenters. The highest BCUT2D eigenvalue weighted by Gasteiger charge is 2.41. The third-order valence-electron chi connectivity index (χ3n) is 4.18. The smallest absolute Gasteiger partial charge is 0.225 e. The average Bonchev–Trinajstić information content (AvgIpc) is 3.22. The standard InChI is InChI=1S/C16H20N2O2/c1-11(12-5-3-2-4-6-12)17-16(20)13-9-15(19)18(10-13)14-7-8-14/h2-6,11,13-14H,7-10H2,1H3,(H,17,20). The largest absolute Gasteiger partial charge is 0.349 e. The van der Waals surface area contributed by atoms with Crippen LogP contribution in [-0.4, -0.2) is 29.3 Å². The molecule has 2 aliphatic rings. The Bertz CT molecular complexity index is 510. The van der Waals surface area contributed by atoms with Crippen molar-refractivity contribution < 1.29 is 9.59 Å². The zero-order chi connectivity index (χ0) is 14.1. The summed E-state index contributed by atoms with van der Waals surface area (Å²) in [7, 11) is 0. The highest BCUT2D eigenvalue weighted by atomic mass is 16.2. The molecule has 20 heavy (non-hydrogen) atoms. The van der Waals surface area contributed by atoms with Crippen LogP contribution in [0.1, 0.15) is 37.8 Å². The fourth-order valence-corrected chi connectivity index (χ4v) is 2.80. The molecule has 1 heterocycles. The molecule has 1 aromatic rings. The van der Waals surface area contributed by atoms with Gasteiger partial charge in [0.05, 0.1) is 12.0 Å². The molecular formula is C16H20N2O2. The van der Waals surface area contributed by atoms with E-state index >= 15 is 0 Å². The van der Waals surface area contributed by atoms with E-state index in [-0.39, 0.29) is 23.8 Å². The van der Waals surface area contributed by atoms with Gasteiger partial charge in [-0.25, -0.2) is 0 Å². The van der Waals surface area contributed by atoms with Crippen LogP contribution in [0.3, 0.4) is 0 Å². The number of rotatable bonds is 4. The van der Waals surface area contributed by atoms with Gasteiger partial charge in [-0.1, -0.05) is 30.3 Å². The van der Waals surface area contributed by atoms with Gasteiger partial charge < -0.3 is 10.2 Å². The molecule has 3 rings (SSSR count). The number of carbonyl (C=O) groups is 2. The van der Waals surface area contributed by atoms with Gasteiger partial charge in [-0.15, -0.1) is 0 Å². The lowest BCUT2D eigenvalue weighted by Crippen LogP contribution is -2.35. The van der Waals surface area contributed by atoms with Crippen molar-refractivity contribution in [3.8, 4) is 0 Å². The highest BCUT2D eigenvalue weighted by molar-refractivity contribution is 5.89. The van der Waals surface area contributed by atoms with E-state index < -0.39 is 0 Å². The van der Waals surface area contributed by atoms with Crippen molar-refractivity contribution in [2.75, 3.05) is 6.54 Å². The Labute approximate surface area is 119 Å². The first-order chi connectivity index (χ1) is 9.65. The highest BCUT2D eigenvalue weighted by Crippen LogP contribution is 2.32. The lowest BCUT2D eigenvalue weighted by Gasteiger charge is -2.18. The maximum atomic E-state index is 12.3. The van der Waals surface area contributed by atoms with Crippen LogP contribution in [0.2, 0.25) is 0 Å². The summed E-state index contributed by atoms with van der Waals surface area (Å²) in [5.74, 6) is -0.0490. The van der Waals surface area contributed by atoms with E-state index in [1.165, 1.54) is 0 Å². The fourth-order valence-electron chi connectivity index (χ4n) is 2.80. The number of carbonyl (C=O) groups excluding carboxylic acids is 2. The fraction of sp³-hybridized carbons (Fsp3) is 0.500. The van der Waals surface area contributed by atoms with Gasteiger partial charge in [-0.2, -0.15) is 0 Å². The maximum absolute atomic E-state index is 12.3. The van der Waals surface area contributed by atoms with Crippen molar-refractivity contribution in [3.63, 3.8) is 0 Å². The number of likely N-dealkylation sites (tertiary alicyclic amines) is 1. The minimum Gasteiger partial charge on any atom is -0.349 e. The molecule has 2 atom stereocenters. The third-order valence-corrected chi connectivity index (χ3v) is 4.18. The summed E-state index contributed by atoms with van der Waals surface area (Å²) < 4.78 is 0. The molecule has 0 aromatic heterocycles. The molecule has 1 N–H and O–H groups in total. The summed E-state index contributed by atoms with van der Waals surface area (Å²) in [5, 5.41) is 3.02. The minimum atomic E-state index is -0.186. The Morgan fingerprint density at radius 3 is 2.65 bits per heavy atom. The normalized spacial score (nSPS) is 23.8. The molecule has 0 spiro atoms. The molecule has 4 heteroatoms. The number of hydrogen-bond donors (Lipinski definition) is 1. The number of amides is 2. The van der Waals surface area contributed by atoms with Crippen molar-refractivity contribution in [2.24, 2.45) is 5.92 Å². The quantitative estimate of drug-likeness (QED) is 0.909. The van der Waals surface area contributed by atoms with E-state index in [2.05, 4.69) is 5.32 Å². The first-order valence-corrected chi connectivity index (χ1v) is 7.30. The molecule has 0 bridgehead atoms. The van der Waals surface area contributed by atoms with Gasteiger partial charge in [0.2, 0.25) is 11.8 Å².